The van der Waals surface area contributed by atoms with Gasteiger partial charge in [-0.15, -0.1) is 0 Å². The van der Waals surface area contributed by atoms with Gasteiger partial charge in [-0.3, -0.25) is 0 Å². The Morgan fingerprint density at radius 1 is 0.857 bits per heavy atom. The second-order valence-electron chi connectivity index (χ2n) is 5.09. The molecular formula is C16H14F4O. The number of aryl methyl sites for hydroxylation is 2. The van der Waals surface area contributed by atoms with E-state index in [0.717, 1.165) is 23.3 Å². The molecular weight excluding hydrogens is 284 g/mol. The molecule has 0 aliphatic rings. The molecule has 2 rings (SSSR count). The van der Waals surface area contributed by atoms with Crippen LogP contribution < -0.4 is 0 Å². The summed E-state index contributed by atoms with van der Waals surface area (Å²) in [7, 11) is 0. The molecule has 0 saturated carbocycles. The highest BCUT2D eigenvalue weighted by atomic mass is 19.4. The first kappa shape index (κ1) is 15.5. The molecule has 0 bridgehead atoms. The Labute approximate surface area is 119 Å². The maximum Gasteiger partial charge on any atom is 0.416 e. The van der Waals surface area contributed by atoms with Gasteiger partial charge in [0.1, 0.15) is 11.9 Å². The average Bonchev–Trinajstić information content (AvgIpc) is 2.35. The second-order valence-corrected chi connectivity index (χ2v) is 5.09. The number of aliphatic hydroxyl groups is 1. The number of rotatable bonds is 2. The first-order valence-corrected chi connectivity index (χ1v) is 6.31. The largest absolute Gasteiger partial charge is 0.416 e. The van der Waals surface area contributed by atoms with E-state index in [1.54, 1.807) is 12.1 Å². The van der Waals surface area contributed by atoms with Gasteiger partial charge in [-0.05, 0) is 43.2 Å². The summed E-state index contributed by atoms with van der Waals surface area (Å²) in [6.07, 6.45) is -5.96. The fourth-order valence-corrected chi connectivity index (χ4v) is 2.29. The standard InChI is InChI=1S/C16H14F4O/c1-9-3-10(2)5-11(4-9)15(21)12-6-13(16(18,19)20)8-14(17)7-12/h3-8,15,21H,1-2H3. The van der Waals surface area contributed by atoms with Crippen molar-refractivity contribution in [3.05, 3.63) is 70.0 Å². The predicted molar refractivity (Wildman–Crippen MR) is 71.4 cm³/mol. The summed E-state index contributed by atoms with van der Waals surface area (Å²) in [5.74, 6) is -1.02. The smallest absolute Gasteiger partial charge is 0.384 e. The Balaban J connectivity index is 2.48. The van der Waals surface area contributed by atoms with Crippen LogP contribution in [0.4, 0.5) is 17.6 Å². The van der Waals surface area contributed by atoms with Crippen LogP contribution in [0, 0.1) is 19.7 Å². The van der Waals surface area contributed by atoms with Gasteiger partial charge < -0.3 is 5.11 Å². The molecule has 0 spiro atoms. The Hall–Kier alpha value is -1.88. The van der Waals surface area contributed by atoms with Crippen LogP contribution in [0.1, 0.15) is 33.9 Å². The maximum absolute atomic E-state index is 13.4. The molecule has 2 aromatic rings. The van der Waals surface area contributed by atoms with Crippen molar-refractivity contribution in [2.24, 2.45) is 0 Å². The third-order valence-electron chi connectivity index (χ3n) is 3.12. The lowest BCUT2D eigenvalue weighted by atomic mass is 9.96. The van der Waals surface area contributed by atoms with Gasteiger partial charge in [0.2, 0.25) is 0 Å². The molecule has 1 unspecified atom stereocenters. The third-order valence-corrected chi connectivity index (χ3v) is 3.12. The molecule has 0 fully saturated rings. The summed E-state index contributed by atoms with van der Waals surface area (Å²) < 4.78 is 51.5. The number of alkyl halides is 3. The maximum atomic E-state index is 13.4. The van der Waals surface area contributed by atoms with Gasteiger partial charge in [0.05, 0.1) is 5.56 Å². The fraction of sp³-hybridized carbons (Fsp3) is 0.250. The van der Waals surface area contributed by atoms with E-state index in [1.807, 2.05) is 19.9 Å². The van der Waals surface area contributed by atoms with Crippen LogP contribution in [0.15, 0.2) is 36.4 Å². The third kappa shape index (κ3) is 3.61. The summed E-state index contributed by atoms with van der Waals surface area (Å²) >= 11 is 0. The molecule has 5 heteroatoms. The van der Waals surface area contributed by atoms with Gasteiger partial charge in [0.25, 0.3) is 0 Å². The Morgan fingerprint density at radius 2 is 1.38 bits per heavy atom. The minimum Gasteiger partial charge on any atom is -0.384 e. The zero-order valence-electron chi connectivity index (χ0n) is 11.5. The van der Waals surface area contributed by atoms with Crippen LogP contribution in [-0.4, -0.2) is 5.11 Å². The molecule has 0 saturated heterocycles. The monoisotopic (exact) mass is 298 g/mol. The van der Waals surface area contributed by atoms with Crippen LogP contribution in [-0.2, 0) is 6.18 Å². The van der Waals surface area contributed by atoms with Crippen LogP contribution in [0.25, 0.3) is 0 Å². The minimum atomic E-state index is -4.65. The molecule has 0 amide bonds. The van der Waals surface area contributed by atoms with Gasteiger partial charge in [0.15, 0.2) is 0 Å². The number of hydrogen-bond acceptors (Lipinski definition) is 1. The second kappa shape index (κ2) is 5.48. The molecule has 1 N–H and O–H groups in total. The lowest BCUT2D eigenvalue weighted by Crippen LogP contribution is -2.09. The molecule has 0 aromatic heterocycles. The first-order valence-electron chi connectivity index (χ1n) is 6.31. The lowest BCUT2D eigenvalue weighted by molar-refractivity contribution is -0.137. The van der Waals surface area contributed by atoms with Crippen LogP contribution in [0.3, 0.4) is 0 Å². The topological polar surface area (TPSA) is 20.2 Å². The van der Waals surface area contributed by atoms with Crippen molar-refractivity contribution < 1.29 is 22.7 Å². The van der Waals surface area contributed by atoms with Gasteiger partial charge in [-0.25, -0.2) is 4.39 Å². The van der Waals surface area contributed by atoms with Crippen molar-refractivity contribution >= 4 is 0 Å². The van der Waals surface area contributed by atoms with E-state index in [4.69, 9.17) is 0 Å². The molecule has 0 radical (unpaired) electrons. The SMILES string of the molecule is Cc1cc(C)cc(C(O)c2cc(F)cc(C(F)(F)F)c2)c1. The molecule has 0 heterocycles. The van der Waals surface area contributed by atoms with Crippen molar-refractivity contribution in [1.82, 2.24) is 0 Å². The van der Waals surface area contributed by atoms with E-state index >= 15 is 0 Å². The molecule has 1 nitrogen and oxygen atoms in total. The summed E-state index contributed by atoms with van der Waals surface area (Å²) in [6.45, 7) is 3.63. The van der Waals surface area contributed by atoms with Crippen molar-refractivity contribution in [3.8, 4) is 0 Å². The summed E-state index contributed by atoms with van der Waals surface area (Å²) in [5.41, 5.74) is 0.951. The zero-order chi connectivity index (χ0) is 15.8. The minimum absolute atomic E-state index is 0.118. The number of hydrogen-bond donors (Lipinski definition) is 1. The molecule has 21 heavy (non-hydrogen) atoms. The summed E-state index contributed by atoms with van der Waals surface area (Å²) in [5, 5.41) is 10.2. The van der Waals surface area contributed by atoms with E-state index < -0.39 is 23.7 Å². The number of aliphatic hydroxyl groups excluding tert-OH is 1. The number of benzene rings is 2. The van der Waals surface area contributed by atoms with Crippen LogP contribution in [0.5, 0.6) is 0 Å². The Bertz CT molecular complexity index is 642. The van der Waals surface area contributed by atoms with E-state index in [1.165, 1.54) is 0 Å². The van der Waals surface area contributed by atoms with Crippen molar-refractivity contribution in [2.45, 2.75) is 26.1 Å². The number of halogens is 4. The molecule has 0 aliphatic heterocycles. The van der Waals surface area contributed by atoms with Gasteiger partial charge in [-0.2, -0.15) is 13.2 Å². The van der Waals surface area contributed by atoms with Crippen LogP contribution >= 0.6 is 0 Å². The summed E-state index contributed by atoms with van der Waals surface area (Å²) in [6, 6.07) is 7.30. The first-order chi connectivity index (χ1) is 9.66. The van der Waals surface area contributed by atoms with Crippen molar-refractivity contribution in [1.29, 1.82) is 0 Å². The highest BCUT2D eigenvalue weighted by Crippen LogP contribution is 2.33. The van der Waals surface area contributed by atoms with Gasteiger partial charge >= 0.3 is 6.18 Å². The molecule has 0 aliphatic carbocycles. The van der Waals surface area contributed by atoms with E-state index in [9.17, 15) is 22.7 Å². The molecule has 2 aromatic carbocycles. The molecule has 1 atom stereocenters. The van der Waals surface area contributed by atoms with Crippen LogP contribution in [0.2, 0.25) is 0 Å². The van der Waals surface area contributed by atoms with E-state index in [0.29, 0.717) is 11.6 Å². The lowest BCUT2D eigenvalue weighted by Gasteiger charge is -2.15. The normalized spacial score (nSPS) is 13.3. The fourth-order valence-electron chi connectivity index (χ4n) is 2.29. The molecule has 112 valence electrons. The van der Waals surface area contributed by atoms with E-state index in [2.05, 4.69) is 0 Å². The van der Waals surface area contributed by atoms with Crippen molar-refractivity contribution in [2.75, 3.05) is 0 Å². The summed E-state index contributed by atoms with van der Waals surface area (Å²) in [4.78, 5) is 0. The Morgan fingerprint density at radius 3 is 1.90 bits per heavy atom. The van der Waals surface area contributed by atoms with Crippen molar-refractivity contribution in [3.63, 3.8) is 0 Å². The van der Waals surface area contributed by atoms with Gasteiger partial charge in [0, 0.05) is 0 Å². The quantitative estimate of drug-likeness (QED) is 0.807. The van der Waals surface area contributed by atoms with Gasteiger partial charge in [-0.1, -0.05) is 29.3 Å². The van der Waals surface area contributed by atoms with E-state index in [-0.39, 0.29) is 5.56 Å². The zero-order valence-corrected chi connectivity index (χ0v) is 11.5. The Kier molecular flexibility index (Phi) is 4.05. The average molecular weight is 298 g/mol. The predicted octanol–water partition coefficient (Wildman–Crippen LogP) is 4.54. The highest BCUT2D eigenvalue weighted by molar-refractivity contribution is 5.37. The highest BCUT2D eigenvalue weighted by Gasteiger charge is 2.32.